The first-order chi connectivity index (χ1) is 6.65. The van der Waals surface area contributed by atoms with E-state index in [-0.39, 0.29) is 12.0 Å². The Kier molecular flexibility index (Phi) is 3.12. The predicted octanol–water partition coefficient (Wildman–Crippen LogP) is 0.979. The molecule has 0 saturated heterocycles. The summed E-state index contributed by atoms with van der Waals surface area (Å²) in [7, 11) is 0. The number of para-hydroxylation sites is 1. The molecule has 0 saturated carbocycles. The van der Waals surface area contributed by atoms with Crippen LogP contribution in [-0.2, 0) is 0 Å². The van der Waals surface area contributed by atoms with Crippen molar-refractivity contribution >= 4 is 11.6 Å². The summed E-state index contributed by atoms with van der Waals surface area (Å²) in [5, 5.41) is 9.88. The lowest BCUT2D eigenvalue weighted by Gasteiger charge is -2.16. The number of guanidine groups is 1. The third-order valence-corrected chi connectivity index (χ3v) is 1.88. The number of rotatable bonds is 3. The van der Waals surface area contributed by atoms with E-state index in [2.05, 4.69) is 11.9 Å². The number of anilines is 1. The molecule has 0 spiro atoms. The molecular weight excluding hydrogens is 176 g/mol. The summed E-state index contributed by atoms with van der Waals surface area (Å²) in [4.78, 5) is 0. The van der Waals surface area contributed by atoms with Gasteiger partial charge in [0, 0.05) is 11.3 Å². The average molecular weight is 190 g/mol. The minimum atomic E-state index is -0.214. The van der Waals surface area contributed by atoms with E-state index in [9.17, 15) is 0 Å². The third-order valence-electron chi connectivity index (χ3n) is 1.88. The van der Waals surface area contributed by atoms with E-state index in [1.807, 2.05) is 18.2 Å². The molecule has 0 bridgehead atoms. The second-order valence-electron chi connectivity index (χ2n) is 2.90. The van der Waals surface area contributed by atoms with E-state index in [1.165, 1.54) is 0 Å². The number of nitrogens with two attached hydrogens (primary N) is 2. The Labute approximate surface area is 83.1 Å². The smallest absolute Gasteiger partial charge is 0.186 e. The molecule has 0 aliphatic heterocycles. The van der Waals surface area contributed by atoms with Gasteiger partial charge in [-0.3, -0.25) is 5.41 Å². The first kappa shape index (κ1) is 10.1. The van der Waals surface area contributed by atoms with E-state index >= 15 is 0 Å². The molecule has 0 heterocycles. The summed E-state index contributed by atoms with van der Waals surface area (Å²) < 4.78 is 0. The van der Waals surface area contributed by atoms with Gasteiger partial charge < -0.3 is 16.8 Å². The van der Waals surface area contributed by atoms with Gasteiger partial charge in [0.2, 0.25) is 0 Å². The maximum atomic E-state index is 7.13. The summed E-state index contributed by atoms with van der Waals surface area (Å²) in [6, 6.07) is 7.19. The van der Waals surface area contributed by atoms with E-state index < -0.39 is 0 Å². The molecule has 0 aliphatic rings. The predicted molar refractivity (Wildman–Crippen MR) is 58.8 cm³/mol. The molecule has 0 fully saturated rings. The number of benzene rings is 1. The molecule has 0 aliphatic carbocycles. The van der Waals surface area contributed by atoms with Crippen LogP contribution in [0.1, 0.15) is 11.6 Å². The summed E-state index contributed by atoms with van der Waals surface area (Å²) in [6.45, 7) is 3.66. The van der Waals surface area contributed by atoms with Gasteiger partial charge in [-0.15, -0.1) is 6.58 Å². The maximum Gasteiger partial charge on any atom is 0.186 e. The first-order valence-electron chi connectivity index (χ1n) is 4.22. The minimum Gasteiger partial charge on any atom is -0.398 e. The molecular formula is C10H14N4. The van der Waals surface area contributed by atoms with Crippen molar-refractivity contribution < 1.29 is 0 Å². The van der Waals surface area contributed by atoms with Crippen molar-refractivity contribution in [1.29, 1.82) is 5.41 Å². The lowest BCUT2D eigenvalue weighted by Crippen LogP contribution is -2.33. The van der Waals surface area contributed by atoms with Gasteiger partial charge in [0.05, 0.1) is 6.04 Å². The number of nitrogens with one attached hydrogen (secondary N) is 2. The molecule has 0 aromatic heterocycles. The molecule has 1 rings (SSSR count). The van der Waals surface area contributed by atoms with Crippen LogP contribution in [0.2, 0.25) is 0 Å². The van der Waals surface area contributed by atoms with Crippen LogP contribution < -0.4 is 16.8 Å². The Morgan fingerprint density at radius 3 is 2.64 bits per heavy atom. The van der Waals surface area contributed by atoms with Crippen LogP contribution in [0.15, 0.2) is 36.9 Å². The summed E-state index contributed by atoms with van der Waals surface area (Å²) >= 11 is 0. The van der Waals surface area contributed by atoms with Crippen LogP contribution in [0.5, 0.6) is 0 Å². The number of hydrogen-bond acceptors (Lipinski definition) is 2. The monoisotopic (exact) mass is 190 g/mol. The molecule has 1 aromatic rings. The van der Waals surface area contributed by atoms with Gasteiger partial charge in [0.1, 0.15) is 0 Å². The number of nitrogen functional groups attached to an aromatic ring is 1. The molecule has 74 valence electrons. The maximum absolute atomic E-state index is 7.13. The lowest BCUT2D eigenvalue weighted by molar-refractivity contribution is 0.784. The lowest BCUT2D eigenvalue weighted by atomic mass is 10.1. The summed E-state index contributed by atoms with van der Waals surface area (Å²) in [6.07, 6.45) is 1.66. The Balaban J connectivity index is 2.94. The van der Waals surface area contributed by atoms with E-state index in [0.29, 0.717) is 5.69 Å². The van der Waals surface area contributed by atoms with Crippen molar-refractivity contribution in [3.8, 4) is 0 Å². The third kappa shape index (κ3) is 2.26. The van der Waals surface area contributed by atoms with Crippen LogP contribution >= 0.6 is 0 Å². The van der Waals surface area contributed by atoms with Gasteiger partial charge in [-0.05, 0) is 6.07 Å². The van der Waals surface area contributed by atoms with Gasteiger partial charge in [-0.2, -0.15) is 0 Å². The van der Waals surface area contributed by atoms with Crippen molar-refractivity contribution in [2.75, 3.05) is 5.73 Å². The quantitative estimate of drug-likeness (QED) is 0.248. The second-order valence-corrected chi connectivity index (χ2v) is 2.90. The SMILES string of the molecule is C=CC(NC(=N)N)c1ccccc1N. The standard InChI is InChI=1S/C10H14N4/c1-2-9(14-10(12)13)7-5-3-4-6-8(7)11/h2-6,9H,1,11H2,(H4,12,13,14). The molecule has 0 radical (unpaired) electrons. The van der Waals surface area contributed by atoms with E-state index in [0.717, 1.165) is 5.56 Å². The van der Waals surface area contributed by atoms with Gasteiger partial charge in [-0.25, -0.2) is 0 Å². The summed E-state index contributed by atoms with van der Waals surface area (Å²) in [5.74, 6) is -0.0989. The Morgan fingerprint density at radius 2 is 2.14 bits per heavy atom. The topological polar surface area (TPSA) is 87.9 Å². The second kappa shape index (κ2) is 4.32. The zero-order valence-electron chi connectivity index (χ0n) is 7.83. The average Bonchev–Trinajstić information content (AvgIpc) is 2.15. The minimum absolute atomic E-state index is 0.0989. The van der Waals surface area contributed by atoms with Gasteiger partial charge in [-0.1, -0.05) is 24.3 Å². The largest absolute Gasteiger partial charge is 0.398 e. The molecule has 4 nitrogen and oxygen atoms in total. The molecule has 4 heteroatoms. The van der Waals surface area contributed by atoms with Crippen molar-refractivity contribution in [2.45, 2.75) is 6.04 Å². The zero-order chi connectivity index (χ0) is 10.6. The normalized spacial score (nSPS) is 11.7. The molecule has 6 N–H and O–H groups in total. The Hall–Kier alpha value is -1.97. The van der Waals surface area contributed by atoms with Gasteiger partial charge in [0.15, 0.2) is 5.96 Å². The van der Waals surface area contributed by atoms with Gasteiger partial charge >= 0.3 is 0 Å². The highest BCUT2D eigenvalue weighted by atomic mass is 15.1. The highest BCUT2D eigenvalue weighted by molar-refractivity contribution is 5.75. The first-order valence-corrected chi connectivity index (χ1v) is 4.22. The van der Waals surface area contributed by atoms with Gasteiger partial charge in [0.25, 0.3) is 0 Å². The van der Waals surface area contributed by atoms with Crippen molar-refractivity contribution in [3.63, 3.8) is 0 Å². The van der Waals surface area contributed by atoms with E-state index in [1.54, 1.807) is 12.1 Å². The molecule has 1 atom stereocenters. The van der Waals surface area contributed by atoms with Crippen LogP contribution in [0, 0.1) is 5.41 Å². The Morgan fingerprint density at radius 1 is 1.50 bits per heavy atom. The van der Waals surface area contributed by atoms with Crippen LogP contribution in [0.4, 0.5) is 5.69 Å². The van der Waals surface area contributed by atoms with Crippen molar-refractivity contribution in [1.82, 2.24) is 5.32 Å². The highest BCUT2D eigenvalue weighted by Gasteiger charge is 2.09. The van der Waals surface area contributed by atoms with E-state index in [4.69, 9.17) is 16.9 Å². The highest BCUT2D eigenvalue weighted by Crippen LogP contribution is 2.20. The fourth-order valence-corrected chi connectivity index (χ4v) is 1.23. The molecule has 0 amide bonds. The zero-order valence-corrected chi connectivity index (χ0v) is 7.83. The number of hydrogen-bond donors (Lipinski definition) is 4. The fraction of sp³-hybridized carbons (Fsp3) is 0.100. The van der Waals surface area contributed by atoms with Crippen LogP contribution in [0.25, 0.3) is 0 Å². The molecule has 1 unspecified atom stereocenters. The molecule has 1 aromatic carbocycles. The molecule has 14 heavy (non-hydrogen) atoms. The fourth-order valence-electron chi connectivity index (χ4n) is 1.23. The van der Waals surface area contributed by atoms with Crippen molar-refractivity contribution in [2.24, 2.45) is 5.73 Å². The van der Waals surface area contributed by atoms with Crippen LogP contribution in [-0.4, -0.2) is 5.96 Å². The summed E-state index contributed by atoms with van der Waals surface area (Å²) in [5.41, 5.74) is 12.5. The van der Waals surface area contributed by atoms with Crippen LogP contribution in [0.3, 0.4) is 0 Å². The van der Waals surface area contributed by atoms with Crippen molar-refractivity contribution in [3.05, 3.63) is 42.5 Å². The Bertz CT molecular complexity index is 346.